The minimum absolute atomic E-state index is 0.242. The number of hydrogen-bond acceptors (Lipinski definition) is 8. The predicted molar refractivity (Wildman–Crippen MR) is 82.7 cm³/mol. The lowest BCUT2D eigenvalue weighted by Gasteiger charge is -2.39. The van der Waals surface area contributed by atoms with E-state index in [4.69, 9.17) is 20.9 Å². The van der Waals surface area contributed by atoms with Gasteiger partial charge in [0.1, 0.15) is 5.02 Å². The number of β-amino-alcohol motifs (C(OH)–C–C–N with tert-alkyl or cyclic N) is 1. The fourth-order valence-electron chi connectivity index (χ4n) is 2.79. The normalized spacial score (nSPS) is 21.5. The Balaban J connectivity index is 1.80. The molecule has 1 saturated heterocycles. The lowest BCUT2D eigenvalue weighted by molar-refractivity contribution is 0.0191. The molecule has 1 aliphatic rings. The summed E-state index contributed by atoms with van der Waals surface area (Å²) in [6.07, 6.45) is 3.24. The first-order valence-corrected chi connectivity index (χ1v) is 7.70. The standard InChI is InChI=1S/C14H18ClN5O3/c1-9-17-11(23-19-9)6-14(21)4-3-5-20(8-14)12-10(15)7-16-13(18-12)22-2/h7,21H,3-6,8H2,1-2H3. The molecule has 0 aliphatic carbocycles. The number of aromatic nitrogens is 4. The van der Waals surface area contributed by atoms with Gasteiger partial charge in [0.2, 0.25) is 5.89 Å². The second-order valence-electron chi connectivity index (χ2n) is 5.69. The van der Waals surface area contributed by atoms with Crippen molar-refractivity contribution in [2.24, 2.45) is 0 Å². The minimum atomic E-state index is -0.973. The van der Waals surface area contributed by atoms with E-state index in [1.54, 1.807) is 6.92 Å². The second-order valence-corrected chi connectivity index (χ2v) is 6.10. The summed E-state index contributed by atoms with van der Waals surface area (Å²) >= 11 is 6.20. The number of aryl methyl sites for hydroxylation is 1. The summed E-state index contributed by atoms with van der Waals surface area (Å²) in [4.78, 5) is 14.4. The number of aliphatic hydroxyl groups is 1. The van der Waals surface area contributed by atoms with Crippen LogP contribution in [0.5, 0.6) is 6.01 Å². The Bertz CT molecular complexity index is 695. The van der Waals surface area contributed by atoms with E-state index >= 15 is 0 Å². The Kier molecular flexibility index (Phi) is 4.36. The SMILES string of the molecule is COc1ncc(Cl)c(N2CCCC(O)(Cc3nc(C)no3)C2)n1. The number of hydrogen-bond donors (Lipinski definition) is 1. The van der Waals surface area contributed by atoms with Gasteiger partial charge in [-0.1, -0.05) is 16.8 Å². The molecular weight excluding hydrogens is 322 g/mol. The maximum absolute atomic E-state index is 10.9. The van der Waals surface area contributed by atoms with Crippen molar-refractivity contribution in [2.45, 2.75) is 31.8 Å². The quantitative estimate of drug-likeness (QED) is 0.892. The average molecular weight is 340 g/mol. The van der Waals surface area contributed by atoms with E-state index in [1.807, 2.05) is 4.90 Å². The molecule has 0 radical (unpaired) electrons. The molecule has 1 N–H and O–H groups in total. The van der Waals surface area contributed by atoms with Crippen molar-refractivity contribution < 1.29 is 14.4 Å². The summed E-state index contributed by atoms with van der Waals surface area (Å²) in [5.41, 5.74) is -0.973. The zero-order valence-electron chi connectivity index (χ0n) is 13.0. The van der Waals surface area contributed by atoms with Crippen molar-refractivity contribution in [2.75, 3.05) is 25.1 Å². The molecule has 3 rings (SSSR count). The molecule has 1 fully saturated rings. The van der Waals surface area contributed by atoms with Crippen LogP contribution >= 0.6 is 11.6 Å². The van der Waals surface area contributed by atoms with E-state index in [9.17, 15) is 5.11 Å². The van der Waals surface area contributed by atoms with Gasteiger partial charge in [0, 0.05) is 13.1 Å². The van der Waals surface area contributed by atoms with Crippen LogP contribution in [-0.4, -0.2) is 51.0 Å². The maximum atomic E-state index is 10.9. The van der Waals surface area contributed by atoms with Crippen molar-refractivity contribution in [1.82, 2.24) is 20.1 Å². The van der Waals surface area contributed by atoms with Crippen LogP contribution in [0.3, 0.4) is 0 Å². The molecule has 2 aromatic rings. The molecule has 124 valence electrons. The molecular formula is C14H18ClN5O3. The smallest absolute Gasteiger partial charge is 0.318 e. The molecule has 1 unspecified atom stereocenters. The highest BCUT2D eigenvalue weighted by atomic mass is 35.5. The van der Waals surface area contributed by atoms with Crippen LogP contribution in [0.15, 0.2) is 10.7 Å². The summed E-state index contributed by atoms with van der Waals surface area (Å²) in [5, 5.41) is 15.1. The highest BCUT2D eigenvalue weighted by Crippen LogP contribution is 2.31. The number of nitrogens with zero attached hydrogens (tertiary/aromatic N) is 5. The summed E-state index contributed by atoms with van der Waals surface area (Å²) in [5.74, 6) is 1.54. The van der Waals surface area contributed by atoms with E-state index in [1.165, 1.54) is 13.3 Å². The molecule has 23 heavy (non-hydrogen) atoms. The molecule has 3 heterocycles. The zero-order chi connectivity index (χ0) is 16.4. The largest absolute Gasteiger partial charge is 0.467 e. The summed E-state index contributed by atoms with van der Waals surface area (Å²) in [7, 11) is 1.50. The fraction of sp³-hybridized carbons (Fsp3) is 0.571. The topological polar surface area (TPSA) is 97.4 Å². The predicted octanol–water partition coefficient (Wildman–Crippen LogP) is 1.40. The van der Waals surface area contributed by atoms with Gasteiger partial charge < -0.3 is 19.3 Å². The van der Waals surface area contributed by atoms with Gasteiger partial charge in [-0.25, -0.2) is 4.98 Å². The number of piperidine rings is 1. The van der Waals surface area contributed by atoms with Crippen LogP contribution in [0.1, 0.15) is 24.6 Å². The van der Waals surface area contributed by atoms with Crippen LogP contribution in [0, 0.1) is 6.92 Å². The molecule has 1 aliphatic heterocycles. The van der Waals surface area contributed by atoms with Gasteiger partial charge in [-0.05, 0) is 19.8 Å². The molecule has 8 nitrogen and oxygen atoms in total. The van der Waals surface area contributed by atoms with Crippen molar-refractivity contribution in [3.05, 3.63) is 22.9 Å². The van der Waals surface area contributed by atoms with Gasteiger partial charge in [-0.3, -0.25) is 0 Å². The van der Waals surface area contributed by atoms with Gasteiger partial charge >= 0.3 is 6.01 Å². The molecule has 0 aromatic carbocycles. The first kappa shape index (κ1) is 15.9. The van der Waals surface area contributed by atoms with E-state index < -0.39 is 5.60 Å². The lowest BCUT2D eigenvalue weighted by atomic mass is 9.89. The monoisotopic (exact) mass is 339 g/mol. The lowest BCUT2D eigenvalue weighted by Crippen LogP contribution is -2.50. The molecule has 1 atom stereocenters. The number of methoxy groups -OCH3 is 1. The summed E-state index contributed by atoms with van der Waals surface area (Å²) < 4.78 is 10.2. The summed E-state index contributed by atoms with van der Waals surface area (Å²) in [6.45, 7) is 2.86. The third-order valence-electron chi connectivity index (χ3n) is 3.79. The van der Waals surface area contributed by atoms with E-state index in [0.29, 0.717) is 41.9 Å². The van der Waals surface area contributed by atoms with Gasteiger partial charge in [0.05, 0.1) is 25.3 Å². The first-order chi connectivity index (χ1) is 11.0. The van der Waals surface area contributed by atoms with E-state index in [-0.39, 0.29) is 6.01 Å². The first-order valence-electron chi connectivity index (χ1n) is 7.32. The Morgan fingerprint density at radius 2 is 2.30 bits per heavy atom. The molecule has 0 bridgehead atoms. The zero-order valence-corrected chi connectivity index (χ0v) is 13.7. The van der Waals surface area contributed by atoms with Crippen molar-refractivity contribution in [3.8, 4) is 6.01 Å². The number of anilines is 1. The fourth-order valence-corrected chi connectivity index (χ4v) is 3.00. The third-order valence-corrected chi connectivity index (χ3v) is 4.06. The third kappa shape index (κ3) is 3.53. The Hall–Kier alpha value is -1.93. The Morgan fingerprint density at radius 1 is 1.48 bits per heavy atom. The second kappa shape index (κ2) is 6.29. The van der Waals surface area contributed by atoms with Crippen molar-refractivity contribution in [1.29, 1.82) is 0 Å². The van der Waals surface area contributed by atoms with Crippen LogP contribution < -0.4 is 9.64 Å². The van der Waals surface area contributed by atoms with Gasteiger partial charge in [-0.2, -0.15) is 9.97 Å². The average Bonchev–Trinajstić information content (AvgIpc) is 2.92. The van der Waals surface area contributed by atoms with E-state index in [0.717, 1.165) is 13.0 Å². The molecule has 0 spiro atoms. The highest BCUT2D eigenvalue weighted by Gasteiger charge is 2.36. The van der Waals surface area contributed by atoms with Gasteiger partial charge in [0.15, 0.2) is 11.6 Å². The molecule has 2 aromatic heterocycles. The van der Waals surface area contributed by atoms with Crippen LogP contribution in [0.2, 0.25) is 5.02 Å². The summed E-state index contributed by atoms with van der Waals surface area (Å²) in [6, 6.07) is 0.242. The maximum Gasteiger partial charge on any atom is 0.318 e. The van der Waals surface area contributed by atoms with E-state index in [2.05, 4.69) is 20.1 Å². The molecule has 0 saturated carbocycles. The van der Waals surface area contributed by atoms with Crippen molar-refractivity contribution in [3.63, 3.8) is 0 Å². The van der Waals surface area contributed by atoms with Gasteiger partial charge in [0.25, 0.3) is 0 Å². The van der Waals surface area contributed by atoms with Crippen LogP contribution in [0.4, 0.5) is 5.82 Å². The van der Waals surface area contributed by atoms with Crippen LogP contribution in [0.25, 0.3) is 0 Å². The molecule has 9 heteroatoms. The minimum Gasteiger partial charge on any atom is -0.467 e. The number of rotatable bonds is 4. The Labute approximate surface area is 138 Å². The number of ether oxygens (including phenoxy) is 1. The van der Waals surface area contributed by atoms with Gasteiger partial charge in [-0.15, -0.1) is 0 Å². The Morgan fingerprint density at radius 3 is 3.00 bits per heavy atom. The molecule has 0 amide bonds. The number of halogens is 1. The van der Waals surface area contributed by atoms with Crippen molar-refractivity contribution >= 4 is 17.4 Å². The highest BCUT2D eigenvalue weighted by molar-refractivity contribution is 6.32. The van der Waals surface area contributed by atoms with Crippen LogP contribution in [-0.2, 0) is 6.42 Å².